The molecule has 0 saturated carbocycles. The second-order valence-electron chi connectivity index (χ2n) is 13.2. The van der Waals surface area contributed by atoms with Crippen molar-refractivity contribution < 1.29 is 44.2 Å². The van der Waals surface area contributed by atoms with Crippen molar-refractivity contribution in [3.05, 3.63) is 66.0 Å². The molecule has 10 unspecified atom stereocenters. The van der Waals surface area contributed by atoms with Crippen molar-refractivity contribution >= 4 is 12.1 Å². The topological polar surface area (TPSA) is 171 Å². The highest BCUT2D eigenvalue weighted by molar-refractivity contribution is 5.70. The molecule has 0 radical (unpaired) electrons. The number of carbonyl (C=O) groups excluding carboxylic acids is 2. The summed E-state index contributed by atoms with van der Waals surface area (Å²) in [6, 6.07) is 3.53. The molecular formula is C35H52N2O9. The lowest BCUT2D eigenvalue weighted by Crippen LogP contribution is -2.44. The second-order valence-corrected chi connectivity index (χ2v) is 13.2. The highest BCUT2D eigenvalue weighted by Crippen LogP contribution is 2.37. The number of hydrogen-bond donors (Lipinski definition) is 5. The monoisotopic (exact) mass is 644 g/mol. The van der Waals surface area contributed by atoms with Crippen molar-refractivity contribution in [2.24, 2.45) is 11.8 Å². The van der Waals surface area contributed by atoms with E-state index >= 15 is 0 Å². The number of esters is 1. The van der Waals surface area contributed by atoms with E-state index in [1.807, 2.05) is 20.8 Å². The number of amides is 1. The molecule has 0 aliphatic carbocycles. The molecule has 11 heteroatoms. The van der Waals surface area contributed by atoms with Crippen molar-refractivity contribution in [3.8, 4) is 0 Å². The number of epoxide rings is 1. The fraction of sp³-hybridized carbons (Fsp3) is 0.629. The Kier molecular flexibility index (Phi) is 13.5. The quantitative estimate of drug-likeness (QED) is 0.103. The first kappa shape index (κ1) is 37.4. The number of pyridine rings is 1. The molecule has 10 atom stereocenters. The van der Waals surface area contributed by atoms with E-state index in [1.54, 1.807) is 68.8 Å². The van der Waals surface area contributed by atoms with E-state index in [1.165, 1.54) is 6.92 Å². The normalized spacial score (nSPS) is 32.7. The van der Waals surface area contributed by atoms with E-state index in [0.717, 1.165) is 5.56 Å². The molecule has 11 nitrogen and oxygen atoms in total. The molecule has 1 aromatic rings. The van der Waals surface area contributed by atoms with Crippen LogP contribution in [0.5, 0.6) is 0 Å². The zero-order chi connectivity index (χ0) is 34.1. The van der Waals surface area contributed by atoms with Crippen LogP contribution >= 0.6 is 0 Å². The second kappa shape index (κ2) is 16.6. The summed E-state index contributed by atoms with van der Waals surface area (Å²) in [5, 5.41) is 45.6. The summed E-state index contributed by atoms with van der Waals surface area (Å²) in [7, 11) is 0. The van der Waals surface area contributed by atoms with Crippen molar-refractivity contribution in [2.75, 3.05) is 0 Å². The number of rotatable bonds is 11. The van der Waals surface area contributed by atoms with E-state index in [-0.39, 0.29) is 43.9 Å². The van der Waals surface area contributed by atoms with Gasteiger partial charge in [0.25, 0.3) is 0 Å². The molecule has 1 fully saturated rings. The van der Waals surface area contributed by atoms with E-state index in [9.17, 15) is 30.0 Å². The van der Waals surface area contributed by atoms with Crippen LogP contribution in [0.3, 0.4) is 0 Å². The van der Waals surface area contributed by atoms with Gasteiger partial charge >= 0.3 is 12.1 Å². The lowest BCUT2D eigenvalue weighted by Gasteiger charge is -2.32. The number of carbonyl (C=O) groups is 2. The van der Waals surface area contributed by atoms with Gasteiger partial charge in [-0.2, -0.15) is 0 Å². The Morgan fingerprint density at radius 2 is 2.00 bits per heavy atom. The summed E-state index contributed by atoms with van der Waals surface area (Å²) in [6.07, 6.45) is 8.33. The summed E-state index contributed by atoms with van der Waals surface area (Å²) in [5.74, 6) is -0.999. The number of aromatic nitrogens is 1. The average molecular weight is 645 g/mol. The fourth-order valence-electron chi connectivity index (χ4n) is 5.63. The number of allylic oxidation sites excluding steroid dienone is 2. The molecule has 256 valence electrons. The van der Waals surface area contributed by atoms with Crippen LogP contribution in [0.2, 0.25) is 0 Å². The summed E-state index contributed by atoms with van der Waals surface area (Å²) in [4.78, 5) is 29.4. The molecule has 2 aliphatic heterocycles. The van der Waals surface area contributed by atoms with Gasteiger partial charge in [-0.1, -0.05) is 45.1 Å². The first-order valence-electron chi connectivity index (χ1n) is 16.2. The van der Waals surface area contributed by atoms with Gasteiger partial charge in [0.05, 0.1) is 36.4 Å². The summed E-state index contributed by atoms with van der Waals surface area (Å²) in [6.45, 7) is 10.9. The number of alkyl carbamates (subject to hydrolysis) is 1. The number of aliphatic hydroxyl groups excluding tert-OH is 2. The first-order valence-corrected chi connectivity index (χ1v) is 16.2. The highest BCUT2D eigenvalue weighted by Gasteiger charge is 2.47. The van der Waals surface area contributed by atoms with Crippen LogP contribution in [0.4, 0.5) is 4.79 Å². The zero-order valence-corrected chi connectivity index (χ0v) is 27.8. The van der Waals surface area contributed by atoms with Crippen molar-refractivity contribution in [2.45, 2.75) is 128 Å². The van der Waals surface area contributed by atoms with Crippen molar-refractivity contribution in [1.82, 2.24) is 10.3 Å². The Morgan fingerprint density at radius 3 is 2.67 bits per heavy atom. The van der Waals surface area contributed by atoms with Gasteiger partial charge in [0.15, 0.2) is 6.10 Å². The van der Waals surface area contributed by atoms with Crippen LogP contribution in [0.15, 0.2) is 60.5 Å². The molecule has 3 heterocycles. The average Bonchev–Trinajstić information content (AvgIpc) is 3.76. The highest BCUT2D eigenvalue weighted by atomic mass is 16.6. The third-order valence-corrected chi connectivity index (χ3v) is 8.79. The SMILES string of the molecule is CCC(O)C(C)C1OC1CC(C)(O)/C=C/C=C(\C)C1OC(=O)CC(O)CCC(C)(O)C(OC(=O)NCc2ccncc2)/C=C/C1C. The molecule has 1 amide bonds. The smallest absolute Gasteiger partial charge is 0.408 e. The van der Waals surface area contributed by atoms with Gasteiger partial charge in [-0.25, -0.2) is 4.79 Å². The Balaban J connectivity index is 1.73. The minimum atomic E-state index is -1.53. The molecule has 0 bridgehead atoms. The molecule has 5 N–H and O–H groups in total. The number of nitrogens with one attached hydrogen (secondary N) is 1. The van der Waals surface area contributed by atoms with E-state index in [0.29, 0.717) is 18.4 Å². The number of aliphatic hydroxyl groups is 4. The van der Waals surface area contributed by atoms with Gasteiger partial charge in [-0.05, 0) is 69.4 Å². The summed E-state index contributed by atoms with van der Waals surface area (Å²) < 4.78 is 17.2. The number of cyclic esters (lactones) is 1. The van der Waals surface area contributed by atoms with E-state index in [4.69, 9.17) is 14.2 Å². The zero-order valence-electron chi connectivity index (χ0n) is 27.8. The maximum atomic E-state index is 12.8. The molecule has 0 spiro atoms. The maximum absolute atomic E-state index is 12.8. The van der Waals surface area contributed by atoms with Crippen LogP contribution in [0, 0.1) is 11.8 Å². The van der Waals surface area contributed by atoms with E-state index < -0.39 is 53.6 Å². The predicted octanol–water partition coefficient (Wildman–Crippen LogP) is 3.89. The molecule has 1 saturated heterocycles. The minimum Gasteiger partial charge on any atom is -0.457 e. The molecular weight excluding hydrogens is 592 g/mol. The van der Waals surface area contributed by atoms with Crippen LogP contribution in [-0.4, -0.2) is 85.3 Å². The number of nitrogens with zero attached hydrogens (tertiary/aromatic N) is 1. The lowest BCUT2D eigenvalue weighted by molar-refractivity contribution is -0.151. The molecule has 2 aliphatic rings. The number of hydrogen-bond acceptors (Lipinski definition) is 10. The van der Waals surface area contributed by atoms with E-state index in [2.05, 4.69) is 10.3 Å². The van der Waals surface area contributed by atoms with Gasteiger partial charge < -0.3 is 40.0 Å². The molecule has 46 heavy (non-hydrogen) atoms. The predicted molar refractivity (Wildman–Crippen MR) is 172 cm³/mol. The maximum Gasteiger partial charge on any atom is 0.408 e. The Hall–Kier alpha value is -3.09. The lowest BCUT2D eigenvalue weighted by atomic mass is 9.88. The Bertz CT molecular complexity index is 1230. The van der Waals surface area contributed by atoms with Crippen molar-refractivity contribution in [1.29, 1.82) is 0 Å². The van der Waals surface area contributed by atoms with Crippen LogP contribution in [-0.2, 0) is 25.5 Å². The minimum absolute atomic E-state index is 0.0177. The Labute approximate surface area is 272 Å². The first-order chi connectivity index (χ1) is 21.6. The van der Waals surface area contributed by atoms with Crippen LogP contribution in [0.1, 0.15) is 79.2 Å². The number of ether oxygens (including phenoxy) is 3. The largest absolute Gasteiger partial charge is 0.457 e. The third-order valence-electron chi connectivity index (χ3n) is 8.79. The molecule has 1 aromatic heterocycles. The molecule has 0 aromatic carbocycles. The molecule has 3 rings (SSSR count). The van der Waals surface area contributed by atoms with Crippen LogP contribution < -0.4 is 5.32 Å². The van der Waals surface area contributed by atoms with Crippen LogP contribution in [0.25, 0.3) is 0 Å². The van der Waals surface area contributed by atoms with Gasteiger partial charge in [-0.3, -0.25) is 9.78 Å². The van der Waals surface area contributed by atoms with Crippen molar-refractivity contribution in [3.63, 3.8) is 0 Å². The Morgan fingerprint density at radius 1 is 1.30 bits per heavy atom. The van der Waals surface area contributed by atoms with Gasteiger partial charge in [0, 0.05) is 37.2 Å². The summed E-state index contributed by atoms with van der Waals surface area (Å²) >= 11 is 0. The van der Waals surface area contributed by atoms with Gasteiger partial charge in [0.2, 0.25) is 0 Å². The fourth-order valence-corrected chi connectivity index (χ4v) is 5.63. The van der Waals surface area contributed by atoms with Gasteiger partial charge in [0.1, 0.15) is 11.7 Å². The summed E-state index contributed by atoms with van der Waals surface area (Å²) in [5.41, 5.74) is -1.18. The standard InChI is InChI=1S/C35H52N2O9/c1-7-27(39)24(4)32-28(44-32)20-34(5,42)15-8-9-22(2)31-23(3)10-11-29(35(6,43)16-12-26(38)19-30(40)46-31)45-33(41)37-21-25-13-17-36-18-14-25/h8-11,13-15,17-18,23-24,26-29,31-32,38-39,42-43H,7,12,16,19-21H2,1-6H3,(H,37,41)/b11-10+,15-8+,22-9+. The third kappa shape index (κ3) is 11.6. The van der Waals surface area contributed by atoms with Gasteiger partial charge in [-0.15, -0.1) is 0 Å².